The molecule has 0 unspecified atom stereocenters. The largest absolute Gasteiger partial charge is 0.368 e. The lowest BCUT2D eigenvalue weighted by Gasteiger charge is -2.35. The van der Waals surface area contributed by atoms with Crippen molar-refractivity contribution in [1.29, 1.82) is 0 Å². The monoisotopic (exact) mass is 409 g/mol. The highest BCUT2D eigenvalue weighted by Gasteiger charge is 2.19. The van der Waals surface area contributed by atoms with E-state index in [1.165, 1.54) is 34.7 Å². The molecule has 1 aliphatic heterocycles. The van der Waals surface area contributed by atoms with Gasteiger partial charge in [0.25, 0.3) is 5.91 Å². The van der Waals surface area contributed by atoms with Crippen LogP contribution >= 0.6 is 11.3 Å². The summed E-state index contributed by atoms with van der Waals surface area (Å²) in [5.74, 6) is -0.385. The predicted molar refractivity (Wildman–Crippen MR) is 117 cm³/mol. The van der Waals surface area contributed by atoms with Gasteiger partial charge in [-0.2, -0.15) is 0 Å². The number of halogens is 1. The van der Waals surface area contributed by atoms with Gasteiger partial charge in [-0.1, -0.05) is 30.3 Å². The number of hydrogen-bond acceptors (Lipinski definition) is 4. The van der Waals surface area contributed by atoms with Crippen LogP contribution in [0.4, 0.5) is 10.1 Å². The lowest BCUT2D eigenvalue weighted by atomic mass is 10.1. The number of carbonyl (C=O) groups is 1. The second-order valence-electron chi connectivity index (χ2n) is 7.28. The van der Waals surface area contributed by atoms with Crippen LogP contribution in [0.1, 0.15) is 15.2 Å². The third kappa shape index (κ3) is 4.66. The molecule has 0 atom stereocenters. The third-order valence-electron chi connectivity index (χ3n) is 5.21. The number of para-hydroxylation sites is 1. The Morgan fingerprint density at radius 3 is 2.48 bits per heavy atom. The second kappa shape index (κ2) is 8.76. The average Bonchev–Trinajstić information content (AvgIpc) is 3.24. The number of thiophene rings is 1. The number of nitrogens with zero attached hydrogens (tertiary/aromatic N) is 2. The van der Waals surface area contributed by atoms with Crippen molar-refractivity contribution in [2.45, 2.75) is 6.54 Å². The maximum Gasteiger partial charge on any atom is 0.261 e. The zero-order chi connectivity index (χ0) is 20.2. The molecule has 150 valence electrons. The van der Waals surface area contributed by atoms with Crippen molar-refractivity contribution in [3.05, 3.63) is 76.9 Å². The van der Waals surface area contributed by atoms with Gasteiger partial charge in [-0.25, -0.2) is 4.39 Å². The molecule has 1 saturated heterocycles. The van der Waals surface area contributed by atoms with Crippen molar-refractivity contribution in [3.8, 4) is 10.4 Å². The molecule has 2 heterocycles. The second-order valence-corrected chi connectivity index (χ2v) is 8.36. The van der Waals surface area contributed by atoms with Crippen molar-refractivity contribution < 1.29 is 9.18 Å². The van der Waals surface area contributed by atoms with Gasteiger partial charge < -0.3 is 15.1 Å². The Morgan fingerprint density at radius 1 is 1.00 bits per heavy atom. The van der Waals surface area contributed by atoms with Gasteiger partial charge in [-0.3, -0.25) is 4.79 Å². The Labute approximate surface area is 174 Å². The van der Waals surface area contributed by atoms with E-state index < -0.39 is 0 Å². The quantitative estimate of drug-likeness (QED) is 0.685. The van der Waals surface area contributed by atoms with E-state index in [2.05, 4.69) is 40.4 Å². The first-order valence-electron chi connectivity index (χ1n) is 9.75. The highest BCUT2D eigenvalue weighted by Crippen LogP contribution is 2.35. The zero-order valence-corrected chi connectivity index (χ0v) is 17.2. The molecule has 29 heavy (non-hydrogen) atoms. The molecule has 1 fully saturated rings. The number of hydrogen-bond donors (Lipinski definition) is 1. The minimum atomic E-state index is -0.276. The number of benzene rings is 2. The Kier molecular flexibility index (Phi) is 5.92. The normalized spacial score (nSPS) is 14.8. The maximum atomic E-state index is 13.0. The van der Waals surface area contributed by atoms with E-state index in [-0.39, 0.29) is 11.7 Å². The average molecular weight is 410 g/mol. The molecule has 0 saturated carbocycles. The van der Waals surface area contributed by atoms with Crippen molar-refractivity contribution in [2.24, 2.45) is 0 Å². The van der Waals surface area contributed by atoms with Crippen LogP contribution in [0.2, 0.25) is 0 Å². The standard InChI is InChI=1S/C23H24FN3OS/c1-26-12-14-27(15-13-26)20-5-3-2-4-19(20)21-10-11-22(29-21)23(28)25-16-17-6-8-18(24)9-7-17/h2-11H,12-16H2,1H3,(H,25,28). The number of likely N-dealkylation sites (N-methyl/N-ethyl adjacent to an activating group) is 1. The molecule has 1 aliphatic rings. The minimum Gasteiger partial charge on any atom is -0.368 e. The molecule has 0 radical (unpaired) electrons. The van der Waals surface area contributed by atoms with Crippen LogP contribution in [0.25, 0.3) is 10.4 Å². The van der Waals surface area contributed by atoms with Crippen molar-refractivity contribution in [2.75, 3.05) is 38.1 Å². The van der Waals surface area contributed by atoms with Crippen molar-refractivity contribution in [3.63, 3.8) is 0 Å². The summed E-state index contributed by atoms with van der Waals surface area (Å²) in [4.78, 5) is 19.1. The summed E-state index contributed by atoms with van der Waals surface area (Å²) in [5, 5.41) is 2.92. The van der Waals surface area contributed by atoms with Crippen LogP contribution in [0.3, 0.4) is 0 Å². The third-order valence-corrected chi connectivity index (χ3v) is 6.33. The number of piperazine rings is 1. The van der Waals surface area contributed by atoms with E-state index in [1.54, 1.807) is 12.1 Å². The van der Waals surface area contributed by atoms with Gasteiger partial charge in [-0.15, -0.1) is 11.3 Å². The summed E-state index contributed by atoms with van der Waals surface area (Å²) in [6.45, 7) is 4.49. The first-order valence-corrected chi connectivity index (χ1v) is 10.6. The molecule has 4 nitrogen and oxygen atoms in total. The van der Waals surface area contributed by atoms with Crippen molar-refractivity contribution >= 4 is 22.9 Å². The van der Waals surface area contributed by atoms with Crippen LogP contribution in [-0.2, 0) is 6.54 Å². The number of nitrogens with one attached hydrogen (secondary N) is 1. The molecule has 0 aliphatic carbocycles. The van der Waals surface area contributed by atoms with Gasteiger partial charge in [0, 0.05) is 48.9 Å². The molecular weight excluding hydrogens is 385 g/mol. The Bertz CT molecular complexity index is 978. The number of rotatable bonds is 5. The summed E-state index contributed by atoms with van der Waals surface area (Å²) in [5.41, 5.74) is 3.26. The lowest BCUT2D eigenvalue weighted by molar-refractivity contribution is 0.0955. The molecular formula is C23H24FN3OS. The van der Waals surface area contributed by atoms with E-state index in [0.29, 0.717) is 11.4 Å². The highest BCUT2D eigenvalue weighted by atomic mass is 32.1. The minimum absolute atomic E-state index is 0.109. The molecule has 2 aromatic carbocycles. The SMILES string of the molecule is CN1CCN(c2ccccc2-c2ccc(C(=O)NCc3ccc(F)cc3)s2)CC1. The topological polar surface area (TPSA) is 35.6 Å². The van der Waals surface area contributed by atoms with Gasteiger partial charge in [0.2, 0.25) is 0 Å². The Balaban J connectivity index is 1.47. The van der Waals surface area contributed by atoms with Gasteiger partial charge in [0.1, 0.15) is 5.82 Å². The molecule has 6 heteroatoms. The molecule has 1 N–H and O–H groups in total. The Morgan fingerprint density at radius 2 is 1.72 bits per heavy atom. The summed E-state index contributed by atoms with van der Waals surface area (Å²) in [6.07, 6.45) is 0. The molecule has 1 aromatic heterocycles. The van der Waals surface area contributed by atoms with Crippen LogP contribution in [-0.4, -0.2) is 44.0 Å². The van der Waals surface area contributed by atoms with Crippen LogP contribution in [0.5, 0.6) is 0 Å². The maximum absolute atomic E-state index is 13.0. The molecule has 1 amide bonds. The Hall–Kier alpha value is -2.70. The number of anilines is 1. The fourth-order valence-corrected chi connectivity index (χ4v) is 4.44. The van der Waals surface area contributed by atoms with Gasteiger partial charge in [0.15, 0.2) is 0 Å². The van der Waals surface area contributed by atoms with Gasteiger partial charge in [-0.05, 0) is 42.9 Å². The first-order chi connectivity index (χ1) is 14.1. The van der Waals surface area contributed by atoms with Crippen LogP contribution in [0.15, 0.2) is 60.7 Å². The molecule has 3 aromatic rings. The van der Waals surface area contributed by atoms with Gasteiger partial charge >= 0.3 is 0 Å². The van der Waals surface area contributed by atoms with Crippen molar-refractivity contribution in [1.82, 2.24) is 10.2 Å². The lowest BCUT2D eigenvalue weighted by Crippen LogP contribution is -2.44. The van der Waals surface area contributed by atoms with E-state index in [1.807, 2.05) is 18.2 Å². The van der Waals surface area contributed by atoms with E-state index in [0.717, 1.165) is 36.6 Å². The van der Waals surface area contributed by atoms with E-state index in [4.69, 9.17) is 0 Å². The fourth-order valence-electron chi connectivity index (χ4n) is 3.48. The summed E-state index contributed by atoms with van der Waals surface area (Å²) in [7, 11) is 2.15. The number of carbonyl (C=O) groups excluding carboxylic acids is 1. The fraction of sp³-hybridized carbons (Fsp3) is 0.261. The zero-order valence-electron chi connectivity index (χ0n) is 16.4. The molecule has 4 rings (SSSR count). The summed E-state index contributed by atoms with van der Waals surface area (Å²) < 4.78 is 13.0. The van der Waals surface area contributed by atoms with Crippen LogP contribution < -0.4 is 10.2 Å². The summed E-state index contributed by atoms with van der Waals surface area (Å²) in [6, 6.07) is 18.5. The summed E-state index contributed by atoms with van der Waals surface area (Å²) >= 11 is 1.50. The smallest absolute Gasteiger partial charge is 0.261 e. The van der Waals surface area contributed by atoms with Crippen LogP contribution in [0, 0.1) is 5.82 Å². The molecule has 0 spiro atoms. The number of amides is 1. The predicted octanol–water partition coefficient (Wildman–Crippen LogP) is 4.24. The van der Waals surface area contributed by atoms with Gasteiger partial charge in [0.05, 0.1) is 4.88 Å². The first kappa shape index (κ1) is 19.6. The van der Waals surface area contributed by atoms with E-state index in [9.17, 15) is 9.18 Å². The molecule has 0 bridgehead atoms. The highest BCUT2D eigenvalue weighted by molar-refractivity contribution is 7.17. The van der Waals surface area contributed by atoms with E-state index >= 15 is 0 Å².